The molecule has 0 N–H and O–H groups in total. The van der Waals surface area contributed by atoms with Gasteiger partial charge in [0.2, 0.25) is 0 Å². The minimum absolute atomic E-state index is 0.827. The zero-order valence-corrected chi connectivity index (χ0v) is 11.7. The highest BCUT2D eigenvalue weighted by Crippen LogP contribution is 2.20. The second-order valence-electron chi connectivity index (χ2n) is 5.76. The number of benzene rings is 1. The Morgan fingerprint density at radius 3 is 2.63 bits per heavy atom. The molecule has 2 heteroatoms. The monoisotopic (exact) mass is 256 g/mol. The van der Waals surface area contributed by atoms with Gasteiger partial charge in [-0.25, -0.2) is 0 Å². The molecule has 1 atom stereocenters. The summed E-state index contributed by atoms with van der Waals surface area (Å²) in [4.78, 5) is 5.28. The molecule has 0 bridgehead atoms. The molecule has 0 saturated carbocycles. The maximum absolute atomic E-state index is 2.70. The highest BCUT2D eigenvalue weighted by atomic mass is 15.3. The Hall–Kier alpha value is -1.12. The van der Waals surface area contributed by atoms with E-state index in [2.05, 4.69) is 52.3 Å². The summed E-state index contributed by atoms with van der Waals surface area (Å²) >= 11 is 0. The van der Waals surface area contributed by atoms with Gasteiger partial charge in [-0.1, -0.05) is 42.5 Å². The third-order valence-corrected chi connectivity index (χ3v) is 4.38. The molecule has 19 heavy (non-hydrogen) atoms. The summed E-state index contributed by atoms with van der Waals surface area (Å²) in [6.45, 7) is 6.29. The molecule has 3 rings (SSSR count). The third-order valence-electron chi connectivity index (χ3n) is 4.38. The Morgan fingerprint density at radius 2 is 1.84 bits per heavy atom. The summed E-state index contributed by atoms with van der Waals surface area (Å²) in [5, 5.41) is 0. The van der Waals surface area contributed by atoms with E-state index in [1.807, 2.05) is 0 Å². The summed E-state index contributed by atoms with van der Waals surface area (Å²) < 4.78 is 0. The quantitative estimate of drug-likeness (QED) is 0.817. The molecule has 2 aliphatic heterocycles. The molecular formula is C17H24N2. The van der Waals surface area contributed by atoms with Crippen LogP contribution in [0.25, 0.3) is 6.08 Å². The molecule has 2 heterocycles. The van der Waals surface area contributed by atoms with Gasteiger partial charge < -0.3 is 0 Å². The second kappa shape index (κ2) is 6.36. The zero-order valence-electron chi connectivity index (χ0n) is 11.7. The molecule has 0 amide bonds. The van der Waals surface area contributed by atoms with Crippen LogP contribution in [0.4, 0.5) is 0 Å². The van der Waals surface area contributed by atoms with E-state index in [4.69, 9.17) is 0 Å². The molecule has 2 saturated heterocycles. The lowest BCUT2D eigenvalue weighted by Gasteiger charge is -2.23. The summed E-state index contributed by atoms with van der Waals surface area (Å²) in [7, 11) is 0. The van der Waals surface area contributed by atoms with E-state index in [0.717, 1.165) is 12.6 Å². The van der Waals surface area contributed by atoms with E-state index in [1.54, 1.807) is 0 Å². The molecule has 1 aromatic carbocycles. The molecule has 1 aromatic rings. The maximum Gasteiger partial charge on any atom is 0.0235 e. The molecule has 0 aromatic heterocycles. The van der Waals surface area contributed by atoms with Gasteiger partial charge in [0.25, 0.3) is 0 Å². The van der Waals surface area contributed by atoms with Crippen molar-refractivity contribution in [3.8, 4) is 0 Å². The highest BCUT2D eigenvalue weighted by Gasteiger charge is 2.28. The van der Waals surface area contributed by atoms with Gasteiger partial charge in [0.15, 0.2) is 0 Å². The lowest BCUT2D eigenvalue weighted by atomic mass is 10.2. The van der Waals surface area contributed by atoms with Crippen LogP contribution in [0.15, 0.2) is 36.4 Å². The van der Waals surface area contributed by atoms with Gasteiger partial charge >= 0.3 is 0 Å². The van der Waals surface area contributed by atoms with Gasteiger partial charge in [-0.2, -0.15) is 0 Å². The molecule has 102 valence electrons. The Labute approximate surface area is 116 Å². The van der Waals surface area contributed by atoms with Crippen LogP contribution >= 0.6 is 0 Å². The first-order valence-corrected chi connectivity index (χ1v) is 7.60. The summed E-state index contributed by atoms with van der Waals surface area (Å²) in [5.41, 5.74) is 1.30. The Bertz CT molecular complexity index is 407. The smallest absolute Gasteiger partial charge is 0.0235 e. The van der Waals surface area contributed by atoms with E-state index in [-0.39, 0.29) is 0 Å². The predicted octanol–water partition coefficient (Wildman–Crippen LogP) is 2.87. The van der Waals surface area contributed by atoms with Crippen molar-refractivity contribution in [3.63, 3.8) is 0 Å². The van der Waals surface area contributed by atoms with Crippen molar-refractivity contribution in [2.75, 3.05) is 32.7 Å². The summed E-state index contributed by atoms with van der Waals surface area (Å²) in [5.74, 6) is 0. The molecule has 0 aliphatic carbocycles. The van der Waals surface area contributed by atoms with Crippen LogP contribution in [0.5, 0.6) is 0 Å². The Morgan fingerprint density at radius 1 is 1.05 bits per heavy atom. The molecule has 0 radical (unpaired) electrons. The maximum atomic E-state index is 2.70. The van der Waals surface area contributed by atoms with Gasteiger partial charge in [-0.15, -0.1) is 0 Å². The van der Waals surface area contributed by atoms with Crippen molar-refractivity contribution in [2.24, 2.45) is 0 Å². The van der Waals surface area contributed by atoms with E-state index >= 15 is 0 Å². The highest BCUT2D eigenvalue weighted by molar-refractivity contribution is 5.48. The zero-order chi connectivity index (χ0) is 12.9. The predicted molar refractivity (Wildman–Crippen MR) is 81.1 cm³/mol. The fourth-order valence-electron chi connectivity index (χ4n) is 3.28. The van der Waals surface area contributed by atoms with Gasteiger partial charge in [-0.05, 0) is 37.9 Å². The van der Waals surface area contributed by atoms with E-state index in [1.165, 1.54) is 51.0 Å². The van der Waals surface area contributed by atoms with Gasteiger partial charge in [0.05, 0.1) is 0 Å². The van der Waals surface area contributed by atoms with Crippen LogP contribution in [0, 0.1) is 0 Å². The van der Waals surface area contributed by atoms with Crippen LogP contribution in [0.3, 0.4) is 0 Å². The van der Waals surface area contributed by atoms with Crippen molar-refractivity contribution in [1.29, 1.82) is 0 Å². The van der Waals surface area contributed by atoms with Gasteiger partial charge in [0, 0.05) is 25.7 Å². The molecule has 0 unspecified atom stereocenters. The van der Waals surface area contributed by atoms with Gasteiger partial charge in [-0.3, -0.25) is 9.80 Å². The minimum Gasteiger partial charge on any atom is -0.299 e. The van der Waals surface area contributed by atoms with Crippen molar-refractivity contribution in [3.05, 3.63) is 42.0 Å². The molecule has 2 aliphatic rings. The minimum atomic E-state index is 0.827. The van der Waals surface area contributed by atoms with Crippen LogP contribution in [0.1, 0.15) is 24.8 Å². The first-order chi connectivity index (χ1) is 9.42. The average molecular weight is 256 g/mol. The summed E-state index contributed by atoms with van der Waals surface area (Å²) in [6, 6.07) is 11.4. The standard InChI is InChI=1S/C17H24N2/c1-2-7-16(8-3-1)9-6-11-18-14-10-17(15-18)19-12-4-5-13-19/h1-3,6-9,17H,4-5,10-15H2/b9-6+/t17-/m0/s1. The van der Waals surface area contributed by atoms with E-state index < -0.39 is 0 Å². The topological polar surface area (TPSA) is 6.48 Å². The first-order valence-electron chi connectivity index (χ1n) is 7.60. The fraction of sp³-hybridized carbons (Fsp3) is 0.529. The Balaban J connectivity index is 1.45. The fourth-order valence-corrected chi connectivity index (χ4v) is 3.28. The van der Waals surface area contributed by atoms with Crippen LogP contribution in [-0.4, -0.2) is 48.6 Å². The number of nitrogens with zero attached hydrogens (tertiary/aromatic N) is 2. The molecule has 2 fully saturated rings. The number of hydrogen-bond donors (Lipinski definition) is 0. The SMILES string of the molecule is C(=C\c1ccccc1)/CN1CC[C@H](N2CCCC2)C1. The van der Waals surface area contributed by atoms with Crippen LogP contribution < -0.4 is 0 Å². The van der Waals surface area contributed by atoms with Crippen LogP contribution in [-0.2, 0) is 0 Å². The lowest BCUT2D eigenvalue weighted by Crippen LogP contribution is -2.35. The van der Waals surface area contributed by atoms with Crippen LogP contribution in [0.2, 0.25) is 0 Å². The molecule has 2 nitrogen and oxygen atoms in total. The van der Waals surface area contributed by atoms with Crippen molar-refractivity contribution < 1.29 is 0 Å². The van der Waals surface area contributed by atoms with E-state index in [9.17, 15) is 0 Å². The average Bonchev–Trinajstić information content (AvgIpc) is 3.10. The molecule has 0 spiro atoms. The second-order valence-corrected chi connectivity index (χ2v) is 5.76. The van der Waals surface area contributed by atoms with Gasteiger partial charge in [0.1, 0.15) is 0 Å². The number of likely N-dealkylation sites (tertiary alicyclic amines) is 2. The Kier molecular flexibility index (Phi) is 4.31. The van der Waals surface area contributed by atoms with E-state index in [0.29, 0.717) is 0 Å². The van der Waals surface area contributed by atoms with Crippen molar-refractivity contribution in [2.45, 2.75) is 25.3 Å². The normalized spacial score (nSPS) is 25.6. The number of hydrogen-bond acceptors (Lipinski definition) is 2. The first kappa shape index (κ1) is 12.9. The largest absolute Gasteiger partial charge is 0.299 e. The lowest BCUT2D eigenvalue weighted by molar-refractivity contribution is 0.238. The summed E-state index contributed by atoms with van der Waals surface area (Å²) in [6.07, 6.45) is 8.72. The van der Waals surface area contributed by atoms with Crippen molar-refractivity contribution >= 4 is 6.08 Å². The molecular weight excluding hydrogens is 232 g/mol. The third kappa shape index (κ3) is 3.46. The number of rotatable bonds is 4. The van der Waals surface area contributed by atoms with Crippen molar-refractivity contribution in [1.82, 2.24) is 9.80 Å².